The molecule has 3 amide bonds. The van der Waals surface area contributed by atoms with E-state index in [1.807, 2.05) is 0 Å². The highest BCUT2D eigenvalue weighted by atomic mass is 19.2. The van der Waals surface area contributed by atoms with Crippen molar-refractivity contribution in [2.75, 3.05) is 11.9 Å². The number of phenols is 1. The van der Waals surface area contributed by atoms with Gasteiger partial charge >= 0.3 is 6.03 Å². The van der Waals surface area contributed by atoms with Gasteiger partial charge in [-0.25, -0.2) is 26.7 Å². The number of hydrogen-bond donors (Lipinski definition) is 2. The standard InChI is InChI=1S/C25H20F5N3O3/c1-12-17-4-3-13(24(35)31-10-18-19(27)7-15(26)8-20(18)28)6-22(17)33(25(36)32(12)2)11-14-5-16(34)9-21(29)23(14)30/h3-9,12,34H,10-11H2,1-2H3,(H,31,35). The summed E-state index contributed by atoms with van der Waals surface area (Å²) in [5.74, 6) is -7.20. The zero-order chi connectivity index (χ0) is 26.3. The molecule has 0 saturated carbocycles. The Hall–Kier alpha value is -4.15. The van der Waals surface area contributed by atoms with Crippen molar-refractivity contribution in [2.24, 2.45) is 0 Å². The minimum atomic E-state index is -1.29. The summed E-state index contributed by atoms with van der Waals surface area (Å²) in [7, 11) is 1.52. The quantitative estimate of drug-likeness (QED) is 0.471. The van der Waals surface area contributed by atoms with Crippen LogP contribution in [0.4, 0.5) is 32.4 Å². The Morgan fingerprint density at radius 2 is 1.67 bits per heavy atom. The molecule has 3 aromatic rings. The monoisotopic (exact) mass is 505 g/mol. The number of halogens is 5. The van der Waals surface area contributed by atoms with E-state index in [-0.39, 0.29) is 16.8 Å². The zero-order valence-electron chi connectivity index (χ0n) is 19.1. The maximum Gasteiger partial charge on any atom is 0.325 e. The van der Waals surface area contributed by atoms with Crippen molar-refractivity contribution < 1.29 is 36.6 Å². The number of fused-ring (bicyclic) bond motifs is 1. The van der Waals surface area contributed by atoms with Gasteiger partial charge in [-0.1, -0.05) is 6.07 Å². The first-order valence-corrected chi connectivity index (χ1v) is 10.7. The van der Waals surface area contributed by atoms with E-state index in [2.05, 4.69) is 5.32 Å². The maximum atomic E-state index is 14.4. The molecule has 0 bridgehead atoms. The Morgan fingerprint density at radius 1 is 1.00 bits per heavy atom. The van der Waals surface area contributed by atoms with Crippen molar-refractivity contribution in [2.45, 2.75) is 26.1 Å². The highest BCUT2D eigenvalue weighted by molar-refractivity contribution is 5.99. The number of nitrogens with one attached hydrogen (secondary N) is 1. The molecule has 36 heavy (non-hydrogen) atoms. The highest BCUT2D eigenvalue weighted by Gasteiger charge is 2.34. The van der Waals surface area contributed by atoms with Crippen LogP contribution in [0.1, 0.15) is 40.0 Å². The normalized spacial score (nSPS) is 15.2. The lowest BCUT2D eigenvalue weighted by Crippen LogP contribution is -2.46. The van der Waals surface area contributed by atoms with Crippen molar-refractivity contribution in [1.82, 2.24) is 10.2 Å². The number of urea groups is 1. The predicted octanol–water partition coefficient (Wildman–Crippen LogP) is 5.15. The van der Waals surface area contributed by atoms with E-state index >= 15 is 0 Å². The van der Waals surface area contributed by atoms with Gasteiger partial charge in [0.1, 0.15) is 23.2 Å². The lowest BCUT2D eigenvalue weighted by Gasteiger charge is -2.39. The first-order valence-electron chi connectivity index (χ1n) is 10.7. The van der Waals surface area contributed by atoms with Gasteiger partial charge in [-0.2, -0.15) is 0 Å². The maximum absolute atomic E-state index is 14.4. The number of phenolic OH excluding ortho intramolecular Hbond substituents is 1. The predicted molar refractivity (Wildman–Crippen MR) is 120 cm³/mol. The Kier molecular flexibility index (Phi) is 6.57. The van der Waals surface area contributed by atoms with Crippen LogP contribution < -0.4 is 10.2 Å². The molecule has 1 unspecified atom stereocenters. The summed E-state index contributed by atoms with van der Waals surface area (Å²) in [6.45, 7) is 0.725. The Morgan fingerprint density at radius 3 is 2.33 bits per heavy atom. The number of rotatable bonds is 5. The molecule has 3 aromatic carbocycles. The first kappa shape index (κ1) is 25.0. The minimum Gasteiger partial charge on any atom is -0.508 e. The second-order valence-corrected chi connectivity index (χ2v) is 8.36. The van der Waals surface area contributed by atoms with Crippen LogP contribution in [0, 0.1) is 29.1 Å². The molecular formula is C25H20F5N3O3. The van der Waals surface area contributed by atoms with Gasteiger partial charge in [0.15, 0.2) is 11.6 Å². The van der Waals surface area contributed by atoms with Crippen LogP contribution >= 0.6 is 0 Å². The number of benzene rings is 3. The molecule has 6 nitrogen and oxygen atoms in total. The van der Waals surface area contributed by atoms with Gasteiger partial charge in [-0.05, 0) is 30.7 Å². The van der Waals surface area contributed by atoms with Gasteiger partial charge < -0.3 is 15.3 Å². The summed E-state index contributed by atoms with van der Waals surface area (Å²) >= 11 is 0. The van der Waals surface area contributed by atoms with Crippen LogP contribution in [0.15, 0.2) is 42.5 Å². The van der Waals surface area contributed by atoms with Gasteiger partial charge in [0.2, 0.25) is 0 Å². The summed E-state index contributed by atoms with van der Waals surface area (Å²) in [6.07, 6.45) is 0. The zero-order valence-corrected chi connectivity index (χ0v) is 19.1. The van der Waals surface area contributed by atoms with Gasteiger partial charge in [0.05, 0.1) is 18.3 Å². The SMILES string of the molecule is CC1c2ccc(C(=O)NCc3c(F)cc(F)cc3F)cc2N(Cc2cc(O)cc(F)c2F)C(=O)N1C. The van der Waals surface area contributed by atoms with Crippen LogP contribution in [0.3, 0.4) is 0 Å². The summed E-state index contributed by atoms with van der Waals surface area (Å²) < 4.78 is 69.1. The molecule has 4 rings (SSSR count). The molecule has 188 valence electrons. The number of hydrogen-bond acceptors (Lipinski definition) is 3. The van der Waals surface area contributed by atoms with E-state index in [0.29, 0.717) is 23.8 Å². The molecule has 1 aliphatic rings. The summed E-state index contributed by atoms with van der Waals surface area (Å²) in [5, 5.41) is 12.0. The van der Waals surface area contributed by atoms with Crippen LogP contribution in [0.2, 0.25) is 0 Å². The third kappa shape index (κ3) is 4.56. The number of carbonyl (C=O) groups is 2. The second-order valence-electron chi connectivity index (χ2n) is 8.36. The molecule has 1 heterocycles. The van der Waals surface area contributed by atoms with E-state index in [1.54, 1.807) is 13.0 Å². The fourth-order valence-corrected chi connectivity index (χ4v) is 4.02. The van der Waals surface area contributed by atoms with Gasteiger partial charge in [0.25, 0.3) is 5.91 Å². The number of carbonyl (C=O) groups excluding carboxylic acids is 2. The van der Waals surface area contributed by atoms with E-state index in [9.17, 15) is 36.6 Å². The molecule has 0 saturated heterocycles. The van der Waals surface area contributed by atoms with Crippen LogP contribution in [0.5, 0.6) is 5.75 Å². The lowest BCUT2D eigenvalue weighted by molar-refractivity contribution is 0.0950. The Labute approximate surface area is 202 Å². The van der Waals surface area contributed by atoms with Crippen LogP contribution in [-0.2, 0) is 13.1 Å². The van der Waals surface area contributed by atoms with Crippen molar-refractivity contribution in [3.05, 3.63) is 93.8 Å². The fraction of sp³-hybridized carbons (Fsp3) is 0.200. The van der Waals surface area contributed by atoms with E-state index in [0.717, 1.165) is 11.0 Å². The Bertz CT molecular complexity index is 1360. The molecule has 1 aliphatic heterocycles. The average Bonchev–Trinajstić information content (AvgIpc) is 2.82. The summed E-state index contributed by atoms with van der Waals surface area (Å²) in [5.41, 5.74) is 0.0441. The lowest BCUT2D eigenvalue weighted by atomic mass is 9.98. The number of nitrogens with zero attached hydrogens (tertiary/aromatic N) is 2. The van der Waals surface area contributed by atoms with Crippen LogP contribution in [0.25, 0.3) is 0 Å². The second kappa shape index (κ2) is 9.48. The van der Waals surface area contributed by atoms with Crippen molar-refractivity contribution >= 4 is 17.6 Å². The number of aromatic hydroxyl groups is 1. The number of amides is 3. The fourth-order valence-electron chi connectivity index (χ4n) is 4.02. The molecule has 1 atom stereocenters. The van der Waals surface area contributed by atoms with E-state index in [4.69, 9.17) is 0 Å². The Balaban J connectivity index is 1.66. The smallest absolute Gasteiger partial charge is 0.325 e. The molecule has 0 fully saturated rings. The molecule has 11 heteroatoms. The topological polar surface area (TPSA) is 72.9 Å². The van der Waals surface area contributed by atoms with Gasteiger partial charge in [-0.3, -0.25) is 9.69 Å². The molecular weight excluding hydrogens is 485 g/mol. The number of anilines is 1. The van der Waals surface area contributed by atoms with Crippen molar-refractivity contribution in [3.63, 3.8) is 0 Å². The summed E-state index contributed by atoms with van der Waals surface area (Å²) in [6, 6.07) is 5.96. The minimum absolute atomic E-state index is 0.0220. The van der Waals surface area contributed by atoms with Crippen LogP contribution in [-0.4, -0.2) is 29.0 Å². The third-order valence-electron chi connectivity index (χ3n) is 6.10. The van der Waals surface area contributed by atoms with E-state index in [1.165, 1.54) is 24.1 Å². The largest absolute Gasteiger partial charge is 0.508 e. The molecule has 0 aliphatic carbocycles. The molecule has 2 N–H and O–H groups in total. The van der Waals surface area contributed by atoms with E-state index < -0.39 is 71.5 Å². The molecule has 0 radical (unpaired) electrons. The van der Waals surface area contributed by atoms with Crippen molar-refractivity contribution in [3.8, 4) is 5.75 Å². The summed E-state index contributed by atoms with van der Waals surface area (Å²) in [4.78, 5) is 28.3. The van der Waals surface area contributed by atoms with Gasteiger partial charge in [-0.15, -0.1) is 0 Å². The molecule has 0 spiro atoms. The van der Waals surface area contributed by atoms with Gasteiger partial charge in [0, 0.05) is 48.5 Å². The third-order valence-corrected chi connectivity index (χ3v) is 6.10. The average molecular weight is 505 g/mol. The van der Waals surface area contributed by atoms with Crippen molar-refractivity contribution in [1.29, 1.82) is 0 Å². The first-order chi connectivity index (χ1) is 17.0. The highest BCUT2D eigenvalue weighted by Crippen LogP contribution is 2.38. The molecule has 0 aromatic heterocycles.